The van der Waals surface area contributed by atoms with Crippen LogP contribution in [-0.2, 0) is 4.79 Å². The fourth-order valence-corrected chi connectivity index (χ4v) is 3.71. The van der Waals surface area contributed by atoms with Gasteiger partial charge < -0.3 is 20.0 Å². The lowest BCUT2D eigenvalue weighted by Gasteiger charge is -2.34. The SMILES string of the molecule is O=C(C(=O)N1CCN(C(=O)c2ccccc2)CC1)c1c[nH]c2c(/C=N/O)ccc(F)c12. The van der Waals surface area contributed by atoms with E-state index < -0.39 is 17.5 Å². The number of piperazine rings is 1. The average Bonchev–Trinajstić information content (AvgIpc) is 3.26. The molecule has 8 nitrogen and oxygen atoms in total. The molecule has 0 radical (unpaired) electrons. The van der Waals surface area contributed by atoms with Crippen molar-refractivity contribution in [3.63, 3.8) is 0 Å². The van der Waals surface area contributed by atoms with Crippen molar-refractivity contribution in [1.29, 1.82) is 0 Å². The molecule has 158 valence electrons. The van der Waals surface area contributed by atoms with Crippen molar-refractivity contribution in [1.82, 2.24) is 14.8 Å². The molecule has 1 fully saturated rings. The topological polar surface area (TPSA) is 106 Å². The number of aromatic nitrogens is 1. The second kappa shape index (κ2) is 8.39. The number of fused-ring (bicyclic) bond motifs is 1. The molecule has 9 heteroatoms. The number of hydrogen-bond donors (Lipinski definition) is 2. The van der Waals surface area contributed by atoms with Gasteiger partial charge in [0, 0.05) is 48.9 Å². The summed E-state index contributed by atoms with van der Waals surface area (Å²) in [7, 11) is 0. The summed E-state index contributed by atoms with van der Waals surface area (Å²) in [6.07, 6.45) is 2.38. The zero-order valence-corrected chi connectivity index (χ0v) is 16.4. The number of nitrogens with zero attached hydrogens (tertiary/aromatic N) is 3. The third-order valence-corrected chi connectivity index (χ3v) is 5.33. The molecule has 31 heavy (non-hydrogen) atoms. The van der Waals surface area contributed by atoms with Crippen LogP contribution in [0.1, 0.15) is 26.3 Å². The Bertz CT molecular complexity index is 1180. The molecule has 2 N–H and O–H groups in total. The van der Waals surface area contributed by atoms with E-state index in [0.717, 1.165) is 12.3 Å². The van der Waals surface area contributed by atoms with Gasteiger partial charge in [-0.15, -0.1) is 0 Å². The van der Waals surface area contributed by atoms with Gasteiger partial charge in [0.2, 0.25) is 0 Å². The molecule has 0 saturated carbocycles. The maximum atomic E-state index is 14.4. The smallest absolute Gasteiger partial charge is 0.295 e. The van der Waals surface area contributed by atoms with Crippen molar-refractivity contribution < 1.29 is 24.0 Å². The highest BCUT2D eigenvalue weighted by Gasteiger charge is 2.30. The number of aromatic amines is 1. The van der Waals surface area contributed by atoms with E-state index in [9.17, 15) is 18.8 Å². The van der Waals surface area contributed by atoms with Crippen LogP contribution >= 0.6 is 0 Å². The Hall–Kier alpha value is -4.01. The first-order valence-electron chi connectivity index (χ1n) is 9.66. The summed E-state index contributed by atoms with van der Waals surface area (Å²) in [6.45, 7) is 1.00. The Morgan fingerprint density at radius 1 is 1.00 bits per heavy atom. The van der Waals surface area contributed by atoms with Crippen LogP contribution in [0.25, 0.3) is 10.9 Å². The fraction of sp³-hybridized carbons (Fsp3) is 0.182. The van der Waals surface area contributed by atoms with E-state index >= 15 is 0 Å². The molecular formula is C22H19FN4O4. The van der Waals surface area contributed by atoms with Crippen LogP contribution in [0.2, 0.25) is 0 Å². The molecule has 3 aromatic rings. The molecule has 1 saturated heterocycles. The predicted molar refractivity (Wildman–Crippen MR) is 111 cm³/mol. The van der Waals surface area contributed by atoms with Crippen molar-refractivity contribution in [3.8, 4) is 0 Å². The summed E-state index contributed by atoms with van der Waals surface area (Å²) in [5.41, 5.74) is 1.11. The molecule has 2 amide bonds. The van der Waals surface area contributed by atoms with Gasteiger partial charge in [-0.3, -0.25) is 14.4 Å². The standard InChI is InChI=1S/C22H19FN4O4/c23-17-7-6-15(12-25-31)19-18(17)16(13-24-19)20(28)22(30)27-10-8-26(9-11-27)21(29)14-4-2-1-3-5-14/h1-7,12-13,24,31H,8-11H2/b25-12+. The number of Topliss-reactive ketones (excluding diaryl/α,β-unsaturated/α-hetero) is 1. The van der Waals surface area contributed by atoms with Gasteiger partial charge in [-0.2, -0.15) is 0 Å². The molecule has 2 heterocycles. The molecule has 1 aliphatic heterocycles. The highest BCUT2D eigenvalue weighted by molar-refractivity contribution is 6.45. The quantitative estimate of drug-likeness (QED) is 0.221. The molecule has 1 aromatic heterocycles. The van der Waals surface area contributed by atoms with Crippen LogP contribution in [-0.4, -0.2) is 70.0 Å². The molecule has 2 aromatic carbocycles. The van der Waals surface area contributed by atoms with Gasteiger partial charge in [0.1, 0.15) is 5.82 Å². The van der Waals surface area contributed by atoms with E-state index in [1.807, 2.05) is 6.07 Å². The first-order chi connectivity index (χ1) is 15.0. The number of rotatable bonds is 4. The van der Waals surface area contributed by atoms with Crippen LogP contribution in [0.3, 0.4) is 0 Å². The molecular weight excluding hydrogens is 403 g/mol. The summed E-state index contributed by atoms with van der Waals surface area (Å²) in [4.78, 5) is 43.9. The van der Waals surface area contributed by atoms with Gasteiger partial charge in [-0.25, -0.2) is 4.39 Å². The van der Waals surface area contributed by atoms with Crippen molar-refractivity contribution in [2.24, 2.45) is 5.16 Å². The Morgan fingerprint density at radius 3 is 2.35 bits per heavy atom. The Kier molecular flexibility index (Phi) is 5.48. The number of oxime groups is 1. The first kappa shape index (κ1) is 20.3. The van der Waals surface area contributed by atoms with Crippen molar-refractivity contribution in [2.75, 3.05) is 26.2 Å². The molecule has 0 atom stereocenters. The minimum atomic E-state index is -0.842. The number of hydrogen-bond acceptors (Lipinski definition) is 5. The van der Waals surface area contributed by atoms with E-state index in [2.05, 4.69) is 10.1 Å². The Balaban J connectivity index is 1.49. The summed E-state index contributed by atoms with van der Waals surface area (Å²) in [5.74, 6) is -2.39. The number of halogens is 1. The van der Waals surface area contributed by atoms with E-state index in [-0.39, 0.29) is 35.5 Å². The normalized spacial score (nSPS) is 14.4. The number of ketones is 1. The zero-order valence-electron chi connectivity index (χ0n) is 16.4. The zero-order chi connectivity index (χ0) is 22.0. The Labute approximate surface area is 176 Å². The van der Waals surface area contributed by atoms with E-state index in [4.69, 9.17) is 5.21 Å². The molecule has 0 spiro atoms. The van der Waals surface area contributed by atoms with Crippen LogP contribution in [0, 0.1) is 5.82 Å². The maximum absolute atomic E-state index is 14.4. The molecule has 0 unspecified atom stereocenters. The summed E-state index contributed by atoms with van der Waals surface area (Å²) in [5, 5.41) is 11.7. The molecule has 4 rings (SSSR count). The number of amides is 2. The van der Waals surface area contributed by atoms with Crippen LogP contribution in [0.5, 0.6) is 0 Å². The molecule has 0 aliphatic carbocycles. The van der Waals surface area contributed by atoms with Crippen molar-refractivity contribution >= 4 is 34.7 Å². The van der Waals surface area contributed by atoms with Crippen LogP contribution in [0.15, 0.2) is 53.8 Å². The van der Waals surface area contributed by atoms with Crippen molar-refractivity contribution in [3.05, 3.63) is 71.2 Å². The minimum absolute atomic E-state index is 0.0337. The molecule has 1 aliphatic rings. The van der Waals surface area contributed by atoms with E-state index in [0.29, 0.717) is 24.2 Å². The third kappa shape index (κ3) is 3.77. The number of carbonyl (C=O) groups is 3. The van der Waals surface area contributed by atoms with Crippen LogP contribution < -0.4 is 0 Å². The number of benzene rings is 2. The lowest BCUT2D eigenvalue weighted by molar-refractivity contribution is -0.127. The number of H-pyrrole nitrogens is 1. The van der Waals surface area contributed by atoms with Gasteiger partial charge in [-0.1, -0.05) is 23.4 Å². The van der Waals surface area contributed by atoms with E-state index in [1.165, 1.54) is 17.2 Å². The fourth-order valence-electron chi connectivity index (χ4n) is 3.71. The number of nitrogens with one attached hydrogen (secondary N) is 1. The maximum Gasteiger partial charge on any atom is 0.295 e. The lowest BCUT2D eigenvalue weighted by Crippen LogP contribution is -2.52. The Morgan fingerprint density at radius 2 is 1.68 bits per heavy atom. The molecule has 0 bridgehead atoms. The minimum Gasteiger partial charge on any atom is -0.411 e. The lowest BCUT2D eigenvalue weighted by atomic mass is 10.0. The van der Waals surface area contributed by atoms with Crippen LogP contribution in [0.4, 0.5) is 4.39 Å². The summed E-state index contributed by atoms with van der Waals surface area (Å²) < 4.78 is 14.4. The average molecular weight is 422 g/mol. The first-order valence-corrected chi connectivity index (χ1v) is 9.66. The highest BCUT2D eigenvalue weighted by Crippen LogP contribution is 2.25. The second-order valence-electron chi connectivity index (χ2n) is 7.11. The van der Waals surface area contributed by atoms with E-state index in [1.54, 1.807) is 29.2 Å². The van der Waals surface area contributed by atoms with Gasteiger partial charge in [0.15, 0.2) is 0 Å². The second-order valence-corrected chi connectivity index (χ2v) is 7.11. The van der Waals surface area contributed by atoms with Crippen molar-refractivity contribution in [2.45, 2.75) is 0 Å². The number of carbonyl (C=O) groups excluding carboxylic acids is 3. The van der Waals surface area contributed by atoms with Gasteiger partial charge >= 0.3 is 0 Å². The largest absolute Gasteiger partial charge is 0.411 e. The van der Waals surface area contributed by atoms with Gasteiger partial charge in [0.25, 0.3) is 17.6 Å². The van der Waals surface area contributed by atoms with Gasteiger partial charge in [0.05, 0.1) is 17.3 Å². The predicted octanol–water partition coefficient (Wildman–Crippen LogP) is 2.28. The highest BCUT2D eigenvalue weighted by atomic mass is 19.1. The monoisotopic (exact) mass is 422 g/mol. The third-order valence-electron chi connectivity index (χ3n) is 5.33. The summed E-state index contributed by atoms with van der Waals surface area (Å²) in [6, 6.07) is 11.4. The summed E-state index contributed by atoms with van der Waals surface area (Å²) >= 11 is 0. The van der Waals surface area contributed by atoms with Gasteiger partial charge in [-0.05, 0) is 24.3 Å².